The molecule has 0 saturated carbocycles. The molecule has 1 nitrogen and oxygen atoms in total. The molecular weight excluding hydrogens is 112 g/mol. The van der Waals surface area contributed by atoms with Gasteiger partial charge in [0.05, 0.1) is 6.10 Å². The summed E-state index contributed by atoms with van der Waals surface area (Å²) >= 11 is 0. The molecular formula is C8H14O. The lowest BCUT2D eigenvalue weighted by molar-refractivity contribution is 0.0746. The highest BCUT2D eigenvalue weighted by molar-refractivity contribution is 5.03. The standard InChI is InChI=1S/C8H14O/c1-2-3-7-9-8-5-4-6-8/h4-5,8H,2-3,6-7H2,1H3/t8-/m1/s1. The Hall–Kier alpha value is -0.300. The van der Waals surface area contributed by atoms with Crippen molar-refractivity contribution < 1.29 is 4.74 Å². The van der Waals surface area contributed by atoms with E-state index >= 15 is 0 Å². The molecule has 0 aromatic rings. The van der Waals surface area contributed by atoms with E-state index in [-0.39, 0.29) is 0 Å². The van der Waals surface area contributed by atoms with E-state index in [0.717, 1.165) is 13.0 Å². The van der Waals surface area contributed by atoms with Crippen LogP contribution < -0.4 is 0 Å². The van der Waals surface area contributed by atoms with Gasteiger partial charge in [0.25, 0.3) is 0 Å². The van der Waals surface area contributed by atoms with Crippen molar-refractivity contribution in [2.75, 3.05) is 6.61 Å². The number of hydrogen-bond donors (Lipinski definition) is 0. The summed E-state index contributed by atoms with van der Waals surface area (Å²) in [6.07, 6.45) is 8.29. The third kappa shape index (κ3) is 2.19. The lowest BCUT2D eigenvalue weighted by atomic mass is 10.1. The van der Waals surface area contributed by atoms with Crippen LogP contribution in [0, 0.1) is 0 Å². The highest BCUT2D eigenvalue weighted by atomic mass is 16.5. The van der Waals surface area contributed by atoms with Crippen LogP contribution in [0.5, 0.6) is 0 Å². The van der Waals surface area contributed by atoms with Crippen molar-refractivity contribution in [3.8, 4) is 0 Å². The fourth-order valence-electron chi connectivity index (χ4n) is 0.750. The first-order valence-electron chi connectivity index (χ1n) is 3.71. The van der Waals surface area contributed by atoms with E-state index in [0.29, 0.717) is 6.10 Å². The zero-order valence-electron chi connectivity index (χ0n) is 5.97. The lowest BCUT2D eigenvalue weighted by Crippen LogP contribution is -2.15. The Kier molecular flexibility index (Phi) is 2.78. The minimum Gasteiger partial charge on any atom is -0.374 e. The van der Waals surface area contributed by atoms with Crippen LogP contribution in [0.4, 0.5) is 0 Å². The molecule has 1 atom stereocenters. The molecule has 0 aliphatic heterocycles. The van der Waals surface area contributed by atoms with Gasteiger partial charge in [0, 0.05) is 6.61 Å². The Labute approximate surface area is 56.7 Å². The van der Waals surface area contributed by atoms with Gasteiger partial charge in [-0.05, 0) is 12.8 Å². The van der Waals surface area contributed by atoms with Crippen LogP contribution >= 0.6 is 0 Å². The Balaban J connectivity index is 1.87. The first-order chi connectivity index (χ1) is 4.43. The lowest BCUT2D eigenvalue weighted by Gasteiger charge is -2.17. The topological polar surface area (TPSA) is 9.23 Å². The average Bonchev–Trinajstić information content (AvgIpc) is 1.76. The second-order valence-corrected chi connectivity index (χ2v) is 2.43. The van der Waals surface area contributed by atoms with Gasteiger partial charge in [0.2, 0.25) is 0 Å². The SMILES string of the molecule is CCCCO[C@@H]1C=CC1. The van der Waals surface area contributed by atoms with Crippen molar-refractivity contribution in [3.63, 3.8) is 0 Å². The monoisotopic (exact) mass is 126 g/mol. The summed E-state index contributed by atoms with van der Waals surface area (Å²) in [6, 6.07) is 0. The summed E-state index contributed by atoms with van der Waals surface area (Å²) in [5, 5.41) is 0. The summed E-state index contributed by atoms with van der Waals surface area (Å²) in [5.74, 6) is 0. The summed E-state index contributed by atoms with van der Waals surface area (Å²) < 4.78 is 5.43. The molecule has 0 bridgehead atoms. The summed E-state index contributed by atoms with van der Waals surface area (Å²) in [5.41, 5.74) is 0. The molecule has 0 amide bonds. The Bertz CT molecular complexity index is 96.7. The van der Waals surface area contributed by atoms with Gasteiger partial charge >= 0.3 is 0 Å². The molecule has 1 aliphatic rings. The van der Waals surface area contributed by atoms with Gasteiger partial charge in [-0.2, -0.15) is 0 Å². The molecule has 0 N–H and O–H groups in total. The summed E-state index contributed by atoms with van der Waals surface area (Å²) in [4.78, 5) is 0. The molecule has 0 aromatic carbocycles. The highest BCUT2D eigenvalue weighted by Gasteiger charge is 2.08. The molecule has 1 rings (SSSR count). The van der Waals surface area contributed by atoms with Crippen LogP contribution in [-0.4, -0.2) is 12.7 Å². The third-order valence-corrected chi connectivity index (χ3v) is 1.55. The van der Waals surface area contributed by atoms with Crippen LogP contribution in [-0.2, 0) is 4.74 Å². The maximum absolute atomic E-state index is 5.43. The predicted molar refractivity (Wildman–Crippen MR) is 38.4 cm³/mol. The molecule has 0 aromatic heterocycles. The molecule has 0 heterocycles. The Morgan fingerprint density at radius 1 is 1.67 bits per heavy atom. The van der Waals surface area contributed by atoms with Crippen molar-refractivity contribution in [2.24, 2.45) is 0 Å². The smallest absolute Gasteiger partial charge is 0.0790 e. The molecule has 0 saturated heterocycles. The Morgan fingerprint density at radius 3 is 2.89 bits per heavy atom. The van der Waals surface area contributed by atoms with Gasteiger partial charge in [-0.25, -0.2) is 0 Å². The minimum absolute atomic E-state index is 0.455. The zero-order chi connectivity index (χ0) is 6.53. The molecule has 1 heteroatoms. The largest absolute Gasteiger partial charge is 0.374 e. The van der Waals surface area contributed by atoms with E-state index < -0.39 is 0 Å². The Morgan fingerprint density at radius 2 is 2.44 bits per heavy atom. The fraction of sp³-hybridized carbons (Fsp3) is 0.750. The quantitative estimate of drug-likeness (QED) is 0.414. The summed E-state index contributed by atoms with van der Waals surface area (Å²) in [6.45, 7) is 3.12. The van der Waals surface area contributed by atoms with Crippen molar-refractivity contribution >= 4 is 0 Å². The van der Waals surface area contributed by atoms with Gasteiger partial charge in [-0.1, -0.05) is 25.5 Å². The maximum Gasteiger partial charge on any atom is 0.0790 e. The van der Waals surface area contributed by atoms with Crippen LogP contribution in [0.15, 0.2) is 12.2 Å². The number of ether oxygens (including phenoxy) is 1. The number of hydrogen-bond acceptors (Lipinski definition) is 1. The normalized spacial score (nSPS) is 23.9. The predicted octanol–water partition coefficient (Wildman–Crippen LogP) is 2.13. The molecule has 0 spiro atoms. The van der Waals surface area contributed by atoms with Gasteiger partial charge in [-0.3, -0.25) is 0 Å². The van der Waals surface area contributed by atoms with Gasteiger partial charge in [0.1, 0.15) is 0 Å². The van der Waals surface area contributed by atoms with E-state index in [4.69, 9.17) is 4.74 Å². The third-order valence-electron chi connectivity index (χ3n) is 1.55. The van der Waals surface area contributed by atoms with Crippen molar-refractivity contribution in [2.45, 2.75) is 32.3 Å². The first-order valence-corrected chi connectivity index (χ1v) is 3.71. The average molecular weight is 126 g/mol. The highest BCUT2D eigenvalue weighted by Crippen LogP contribution is 2.11. The van der Waals surface area contributed by atoms with Crippen molar-refractivity contribution in [1.29, 1.82) is 0 Å². The second-order valence-electron chi connectivity index (χ2n) is 2.43. The van der Waals surface area contributed by atoms with E-state index in [1.807, 2.05) is 0 Å². The van der Waals surface area contributed by atoms with Crippen LogP contribution in [0.2, 0.25) is 0 Å². The van der Waals surface area contributed by atoms with Crippen molar-refractivity contribution in [3.05, 3.63) is 12.2 Å². The van der Waals surface area contributed by atoms with E-state index in [2.05, 4.69) is 19.1 Å². The van der Waals surface area contributed by atoms with Crippen LogP contribution in [0.25, 0.3) is 0 Å². The molecule has 0 radical (unpaired) electrons. The molecule has 52 valence electrons. The number of rotatable bonds is 4. The van der Waals surface area contributed by atoms with Crippen molar-refractivity contribution in [1.82, 2.24) is 0 Å². The molecule has 9 heavy (non-hydrogen) atoms. The second kappa shape index (κ2) is 3.67. The van der Waals surface area contributed by atoms with Gasteiger partial charge in [-0.15, -0.1) is 0 Å². The molecule has 0 unspecified atom stereocenters. The minimum atomic E-state index is 0.455. The molecule has 1 aliphatic carbocycles. The fourth-order valence-corrected chi connectivity index (χ4v) is 0.750. The van der Waals surface area contributed by atoms with Crippen LogP contribution in [0.3, 0.4) is 0 Å². The van der Waals surface area contributed by atoms with E-state index in [1.54, 1.807) is 0 Å². The zero-order valence-corrected chi connectivity index (χ0v) is 5.97. The van der Waals surface area contributed by atoms with E-state index in [9.17, 15) is 0 Å². The maximum atomic E-state index is 5.43. The first kappa shape index (κ1) is 6.81. The van der Waals surface area contributed by atoms with Gasteiger partial charge < -0.3 is 4.74 Å². The van der Waals surface area contributed by atoms with Crippen LogP contribution in [0.1, 0.15) is 26.2 Å². The van der Waals surface area contributed by atoms with E-state index in [1.165, 1.54) is 12.8 Å². The van der Waals surface area contributed by atoms with Gasteiger partial charge in [0.15, 0.2) is 0 Å². The number of unbranched alkanes of at least 4 members (excludes halogenated alkanes) is 1. The summed E-state index contributed by atoms with van der Waals surface area (Å²) in [7, 11) is 0. The molecule has 0 fully saturated rings.